The molecule has 1 N–H and O–H groups in total. The fourth-order valence-corrected chi connectivity index (χ4v) is 5.95. The highest BCUT2D eigenvalue weighted by molar-refractivity contribution is 7.12. The van der Waals surface area contributed by atoms with Gasteiger partial charge in [0.05, 0.1) is 22.3 Å². The zero-order valence-electron chi connectivity index (χ0n) is 22.0. The molecular formula is C29H29Cl2N3O5S. The number of esters is 1. The van der Waals surface area contributed by atoms with Gasteiger partial charge in [0, 0.05) is 37.0 Å². The summed E-state index contributed by atoms with van der Waals surface area (Å²) in [5, 5.41) is 4.82. The van der Waals surface area contributed by atoms with Crippen LogP contribution >= 0.6 is 34.5 Å². The highest BCUT2D eigenvalue weighted by Gasteiger charge is 2.37. The number of allylic oxidation sites excluding steroid dienone is 3. The normalized spacial score (nSPS) is 16.8. The molecule has 1 fully saturated rings. The Morgan fingerprint density at radius 1 is 1.15 bits per heavy atom. The van der Waals surface area contributed by atoms with Crippen LogP contribution in [-0.2, 0) is 14.3 Å². The molecule has 1 aromatic carbocycles. The van der Waals surface area contributed by atoms with Crippen molar-refractivity contribution in [1.29, 1.82) is 0 Å². The summed E-state index contributed by atoms with van der Waals surface area (Å²) in [6.45, 7) is 3.15. The molecule has 3 aliphatic rings. The molecule has 2 aliphatic carbocycles. The summed E-state index contributed by atoms with van der Waals surface area (Å²) in [6, 6.07) is 5.47. The number of rotatable bonds is 9. The van der Waals surface area contributed by atoms with E-state index in [1.165, 1.54) is 42.0 Å². The minimum Gasteiger partial charge on any atom is -0.465 e. The quantitative estimate of drug-likeness (QED) is 0.279. The van der Waals surface area contributed by atoms with Crippen LogP contribution < -0.4 is 10.1 Å². The van der Waals surface area contributed by atoms with Crippen LogP contribution in [0.4, 0.5) is 0 Å². The average Bonchev–Trinajstić information content (AvgIpc) is 3.69. The zero-order valence-corrected chi connectivity index (χ0v) is 24.3. The number of nitrogens with zero attached hydrogens (tertiary/aromatic N) is 2. The number of amides is 2. The fraction of sp³-hybridized carbons (Fsp3) is 0.345. The molecule has 210 valence electrons. The summed E-state index contributed by atoms with van der Waals surface area (Å²) in [6.07, 6.45) is 11.3. The number of hydrogen-bond acceptors (Lipinski definition) is 7. The van der Waals surface area contributed by atoms with Gasteiger partial charge in [-0.3, -0.25) is 14.4 Å². The number of carbonyl (C=O) groups is 3. The summed E-state index contributed by atoms with van der Waals surface area (Å²) in [5.41, 5.74) is 2.73. The van der Waals surface area contributed by atoms with Crippen LogP contribution in [0.3, 0.4) is 0 Å². The first-order valence-electron chi connectivity index (χ1n) is 13.2. The molecule has 0 unspecified atom stereocenters. The Morgan fingerprint density at radius 3 is 2.75 bits per heavy atom. The van der Waals surface area contributed by atoms with Crippen LogP contribution in [-0.4, -0.2) is 59.9 Å². The topological polar surface area (TPSA) is 88.2 Å². The van der Waals surface area contributed by atoms with E-state index in [1.807, 2.05) is 10.3 Å². The van der Waals surface area contributed by atoms with Gasteiger partial charge in [0.15, 0.2) is 5.75 Å². The number of ether oxygens (including phenoxy) is 2. The summed E-state index contributed by atoms with van der Waals surface area (Å²) < 4.78 is 10.9. The first-order chi connectivity index (χ1) is 19.4. The summed E-state index contributed by atoms with van der Waals surface area (Å²) >= 11 is 14.3. The first kappa shape index (κ1) is 28.3. The van der Waals surface area contributed by atoms with Gasteiger partial charge in [-0.1, -0.05) is 29.3 Å². The summed E-state index contributed by atoms with van der Waals surface area (Å²) in [4.78, 5) is 42.0. The Bertz CT molecular complexity index is 1410. The number of hydrogen-bond donors (Lipinski definition) is 1. The molecule has 0 saturated heterocycles. The molecule has 40 heavy (non-hydrogen) atoms. The zero-order chi connectivity index (χ0) is 28.2. The van der Waals surface area contributed by atoms with Gasteiger partial charge in [-0.15, -0.1) is 11.3 Å². The molecule has 2 amide bonds. The number of benzene rings is 1. The molecule has 2 heterocycles. The molecule has 0 atom stereocenters. The van der Waals surface area contributed by atoms with E-state index in [1.54, 1.807) is 25.1 Å². The molecule has 11 heteroatoms. The second-order valence-electron chi connectivity index (χ2n) is 9.53. The van der Waals surface area contributed by atoms with Crippen LogP contribution in [0.2, 0.25) is 10.0 Å². The van der Waals surface area contributed by atoms with Gasteiger partial charge in [-0.05, 0) is 67.8 Å². The molecular weight excluding hydrogens is 573 g/mol. The van der Waals surface area contributed by atoms with Gasteiger partial charge < -0.3 is 24.6 Å². The van der Waals surface area contributed by atoms with Crippen molar-refractivity contribution in [3.8, 4) is 11.5 Å². The number of carbonyl (C=O) groups excluding carboxylic acids is 3. The lowest BCUT2D eigenvalue weighted by Crippen LogP contribution is -2.45. The second-order valence-corrected chi connectivity index (χ2v) is 11.3. The molecule has 1 saturated carbocycles. The van der Waals surface area contributed by atoms with E-state index in [4.69, 9.17) is 32.7 Å². The van der Waals surface area contributed by atoms with Gasteiger partial charge >= 0.3 is 5.97 Å². The first-order valence-corrected chi connectivity index (χ1v) is 14.8. The lowest BCUT2D eigenvalue weighted by molar-refractivity contribution is -0.143. The minimum absolute atomic E-state index is 0.102. The van der Waals surface area contributed by atoms with Crippen LogP contribution in [0.15, 0.2) is 53.2 Å². The predicted molar refractivity (Wildman–Crippen MR) is 156 cm³/mol. The SMILES string of the molecule is CCOC(=O)CNC(=O)C=Cc1cc(Cl)c(Oc2ccsc2C(=O)N2CCN(C3CC3)C3=C2C=CCC3)cc1Cl. The molecule has 8 nitrogen and oxygen atoms in total. The summed E-state index contributed by atoms with van der Waals surface area (Å²) in [5.74, 6) is -0.410. The number of thiophene rings is 1. The summed E-state index contributed by atoms with van der Waals surface area (Å²) in [7, 11) is 0. The highest BCUT2D eigenvalue weighted by Crippen LogP contribution is 2.41. The standard InChI is InChI=1S/C29H29Cl2N3O5S/c1-2-38-27(36)17-32-26(35)10-7-18-15-21(31)25(16-20(18)30)39-24-11-14-40-28(24)29(37)34-13-12-33(19-8-9-19)22-5-3-4-6-23(22)34/h4,6-7,10-11,14-16,19H,2-3,5,8-9,12-13,17H2,1H3,(H,32,35). The van der Waals surface area contributed by atoms with Crippen molar-refractivity contribution in [2.45, 2.75) is 38.6 Å². The van der Waals surface area contributed by atoms with E-state index in [2.05, 4.69) is 22.4 Å². The van der Waals surface area contributed by atoms with E-state index in [0.717, 1.165) is 25.1 Å². The Kier molecular flexibility index (Phi) is 8.83. The van der Waals surface area contributed by atoms with Gasteiger partial charge in [0.2, 0.25) is 5.91 Å². The number of nitrogens with one attached hydrogen (secondary N) is 1. The van der Waals surface area contributed by atoms with Crippen molar-refractivity contribution in [2.24, 2.45) is 0 Å². The van der Waals surface area contributed by atoms with Gasteiger partial charge in [-0.2, -0.15) is 0 Å². The Hall–Kier alpha value is -3.27. The Labute approximate surface area is 246 Å². The molecule has 2 aromatic rings. The van der Waals surface area contributed by atoms with E-state index in [9.17, 15) is 14.4 Å². The van der Waals surface area contributed by atoms with E-state index < -0.39 is 11.9 Å². The lowest BCUT2D eigenvalue weighted by Gasteiger charge is -2.40. The van der Waals surface area contributed by atoms with Crippen LogP contribution in [0, 0.1) is 0 Å². The van der Waals surface area contributed by atoms with Crippen molar-refractivity contribution in [1.82, 2.24) is 15.1 Å². The van der Waals surface area contributed by atoms with Crippen molar-refractivity contribution >= 4 is 58.4 Å². The second kappa shape index (κ2) is 12.5. The van der Waals surface area contributed by atoms with Gasteiger partial charge in [-0.25, -0.2) is 0 Å². The van der Waals surface area contributed by atoms with E-state index in [0.29, 0.717) is 39.5 Å². The van der Waals surface area contributed by atoms with E-state index in [-0.39, 0.29) is 24.1 Å². The third-order valence-corrected chi connectivity index (χ3v) is 8.28. The number of halogens is 2. The maximum absolute atomic E-state index is 13.7. The largest absolute Gasteiger partial charge is 0.465 e. The molecule has 1 aliphatic heterocycles. The minimum atomic E-state index is -0.522. The van der Waals surface area contributed by atoms with Gasteiger partial charge in [0.25, 0.3) is 5.91 Å². The maximum Gasteiger partial charge on any atom is 0.325 e. The molecule has 1 aromatic heterocycles. The average molecular weight is 603 g/mol. The highest BCUT2D eigenvalue weighted by atomic mass is 35.5. The van der Waals surface area contributed by atoms with Crippen molar-refractivity contribution in [3.05, 3.63) is 73.7 Å². The van der Waals surface area contributed by atoms with E-state index >= 15 is 0 Å². The molecule has 5 rings (SSSR count). The molecule has 0 radical (unpaired) electrons. The van der Waals surface area contributed by atoms with Crippen LogP contribution in [0.5, 0.6) is 11.5 Å². The van der Waals surface area contributed by atoms with Crippen molar-refractivity contribution < 1.29 is 23.9 Å². The van der Waals surface area contributed by atoms with Crippen molar-refractivity contribution in [2.75, 3.05) is 26.2 Å². The Morgan fingerprint density at radius 2 is 1.98 bits per heavy atom. The lowest BCUT2D eigenvalue weighted by atomic mass is 10.0. The third-order valence-electron chi connectivity index (χ3n) is 6.78. The van der Waals surface area contributed by atoms with Crippen LogP contribution in [0.1, 0.15) is 47.8 Å². The van der Waals surface area contributed by atoms with Crippen LogP contribution in [0.25, 0.3) is 6.08 Å². The predicted octanol–water partition coefficient (Wildman–Crippen LogP) is 6.02. The molecule has 0 bridgehead atoms. The van der Waals surface area contributed by atoms with Crippen molar-refractivity contribution in [3.63, 3.8) is 0 Å². The fourth-order valence-electron chi connectivity index (χ4n) is 4.76. The monoisotopic (exact) mass is 601 g/mol. The third kappa shape index (κ3) is 6.37. The smallest absolute Gasteiger partial charge is 0.325 e. The van der Waals surface area contributed by atoms with Gasteiger partial charge in [0.1, 0.15) is 17.2 Å². The molecule has 0 spiro atoms. The maximum atomic E-state index is 13.7. The Balaban J connectivity index is 1.29.